The number of carbonyl (C=O) groups excluding carboxylic acids is 1. The number of hydrogen-bond acceptors (Lipinski definition) is 3. The van der Waals surface area contributed by atoms with E-state index in [0.29, 0.717) is 13.1 Å². The molecule has 2 aromatic rings. The van der Waals surface area contributed by atoms with Crippen molar-refractivity contribution < 1.29 is 9.90 Å². The zero-order valence-electron chi connectivity index (χ0n) is 13.5. The summed E-state index contributed by atoms with van der Waals surface area (Å²) in [6.45, 7) is 5.71. The van der Waals surface area contributed by atoms with Crippen molar-refractivity contribution in [3.63, 3.8) is 0 Å². The van der Waals surface area contributed by atoms with Crippen molar-refractivity contribution in [3.8, 4) is 0 Å². The Bertz CT molecular complexity index is 632. The Morgan fingerprint density at radius 1 is 1.23 bits per heavy atom. The van der Waals surface area contributed by atoms with Gasteiger partial charge in [-0.25, -0.2) is 0 Å². The van der Waals surface area contributed by atoms with Gasteiger partial charge in [0.2, 0.25) is 0 Å². The number of carbonyl (C=O) groups is 1. The molecule has 2 rings (SSSR count). The molecule has 0 amide bonds. The summed E-state index contributed by atoms with van der Waals surface area (Å²) in [6, 6.07) is 12.2. The van der Waals surface area contributed by atoms with Crippen LogP contribution in [0.5, 0.6) is 0 Å². The van der Waals surface area contributed by atoms with E-state index in [4.69, 9.17) is 5.11 Å². The third-order valence-corrected chi connectivity index (χ3v) is 3.95. The highest BCUT2D eigenvalue weighted by atomic mass is 16.3. The maximum absolute atomic E-state index is 12.4. The van der Waals surface area contributed by atoms with Crippen LogP contribution in [0.15, 0.2) is 36.4 Å². The first kappa shape index (κ1) is 16.5. The molecule has 0 aliphatic carbocycles. The summed E-state index contributed by atoms with van der Waals surface area (Å²) in [5, 5.41) is 8.93. The fraction of sp³-hybridized carbons (Fsp3) is 0.389. The molecule has 4 nitrogen and oxygen atoms in total. The Morgan fingerprint density at radius 3 is 2.55 bits per heavy atom. The van der Waals surface area contributed by atoms with Gasteiger partial charge < -0.3 is 9.67 Å². The van der Waals surface area contributed by atoms with Gasteiger partial charge in [-0.05, 0) is 32.5 Å². The van der Waals surface area contributed by atoms with E-state index in [9.17, 15) is 4.79 Å². The highest BCUT2D eigenvalue weighted by Crippen LogP contribution is 2.18. The largest absolute Gasteiger partial charge is 0.395 e. The number of ketones is 1. The molecule has 0 aliphatic rings. The molecule has 1 heterocycles. The monoisotopic (exact) mass is 300 g/mol. The average Bonchev–Trinajstić information content (AvgIpc) is 2.77. The van der Waals surface area contributed by atoms with Crippen molar-refractivity contribution in [2.45, 2.75) is 20.4 Å². The van der Waals surface area contributed by atoms with Crippen LogP contribution in [0.3, 0.4) is 0 Å². The van der Waals surface area contributed by atoms with Gasteiger partial charge in [0.1, 0.15) is 0 Å². The summed E-state index contributed by atoms with van der Waals surface area (Å²) in [5.41, 5.74) is 4.09. The van der Waals surface area contributed by atoms with Crippen molar-refractivity contribution in [1.82, 2.24) is 9.47 Å². The molecule has 0 aliphatic heterocycles. The molecule has 0 saturated carbocycles. The third kappa shape index (κ3) is 3.84. The van der Waals surface area contributed by atoms with Crippen molar-refractivity contribution in [2.24, 2.45) is 0 Å². The molecule has 0 radical (unpaired) electrons. The normalized spacial score (nSPS) is 11.1. The van der Waals surface area contributed by atoms with Crippen LogP contribution in [0, 0.1) is 13.8 Å². The van der Waals surface area contributed by atoms with Crippen LogP contribution in [0.4, 0.5) is 0 Å². The number of Topliss-reactive ketones (excluding diaryl/α,β-unsaturated/α-hetero) is 1. The molecule has 0 spiro atoms. The molecule has 0 bridgehead atoms. The van der Waals surface area contributed by atoms with Crippen molar-refractivity contribution in [1.29, 1.82) is 0 Å². The number of aliphatic hydroxyl groups excluding tert-OH is 1. The second-order valence-corrected chi connectivity index (χ2v) is 5.74. The number of hydrogen-bond donors (Lipinski definition) is 1. The molecule has 0 unspecified atom stereocenters. The van der Waals surface area contributed by atoms with E-state index in [-0.39, 0.29) is 12.4 Å². The lowest BCUT2D eigenvalue weighted by molar-refractivity contribution is 0.0935. The Hall–Kier alpha value is -1.91. The summed E-state index contributed by atoms with van der Waals surface area (Å²) in [6.07, 6.45) is 0. The topological polar surface area (TPSA) is 45.5 Å². The van der Waals surface area contributed by atoms with Crippen molar-refractivity contribution in [3.05, 3.63) is 58.9 Å². The average molecular weight is 300 g/mol. The molecular weight excluding hydrogens is 276 g/mol. The molecular formula is C18H24N2O2. The van der Waals surface area contributed by atoms with E-state index in [0.717, 1.165) is 23.5 Å². The number of rotatable bonds is 7. The first-order valence-electron chi connectivity index (χ1n) is 7.56. The fourth-order valence-electron chi connectivity index (χ4n) is 2.67. The van der Waals surface area contributed by atoms with Crippen LogP contribution in [0.2, 0.25) is 0 Å². The molecule has 4 heteroatoms. The van der Waals surface area contributed by atoms with Gasteiger partial charge in [0.25, 0.3) is 0 Å². The maximum atomic E-state index is 12.4. The van der Waals surface area contributed by atoms with E-state index in [1.54, 1.807) is 0 Å². The quantitative estimate of drug-likeness (QED) is 0.798. The molecule has 0 saturated heterocycles. The third-order valence-electron chi connectivity index (χ3n) is 3.95. The second kappa shape index (κ2) is 7.38. The minimum absolute atomic E-state index is 0.0663. The second-order valence-electron chi connectivity index (χ2n) is 5.74. The highest BCUT2D eigenvalue weighted by molar-refractivity contribution is 5.99. The van der Waals surface area contributed by atoms with Gasteiger partial charge >= 0.3 is 0 Å². The van der Waals surface area contributed by atoms with Crippen molar-refractivity contribution >= 4 is 5.78 Å². The summed E-state index contributed by atoms with van der Waals surface area (Å²) < 4.78 is 2.18. The van der Waals surface area contributed by atoms with Crippen LogP contribution in [-0.4, -0.2) is 47.1 Å². The van der Waals surface area contributed by atoms with Gasteiger partial charge in [0.05, 0.1) is 13.2 Å². The Labute approximate surface area is 132 Å². The van der Waals surface area contributed by atoms with E-state index < -0.39 is 0 Å². The zero-order valence-corrected chi connectivity index (χ0v) is 13.5. The lowest BCUT2D eigenvalue weighted by atomic mass is 10.1. The SMILES string of the molecule is Cc1cc(C(=O)CN(C)CCO)c(C)n1Cc1ccccc1. The van der Waals surface area contributed by atoms with Crippen LogP contribution in [-0.2, 0) is 6.54 Å². The zero-order chi connectivity index (χ0) is 16.1. The standard InChI is InChI=1S/C18H24N2O2/c1-14-11-17(18(22)13-19(3)9-10-21)15(2)20(14)12-16-7-5-4-6-8-16/h4-8,11,21H,9-10,12-13H2,1-3H3. The number of aromatic nitrogens is 1. The van der Waals surface area contributed by atoms with Crippen LogP contribution < -0.4 is 0 Å². The van der Waals surface area contributed by atoms with Gasteiger partial charge in [0, 0.05) is 30.0 Å². The Balaban J connectivity index is 2.18. The minimum atomic E-state index is 0.0663. The van der Waals surface area contributed by atoms with E-state index in [2.05, 4.69) is 16.7 Å². The van der Waals surface area contributed by atoms with Gasteiger partial charge in [-0.15, -0.1) is 0 Å². The van der Waals surface area contributed by atoms with Gasteiger partial charge in [-0.3, -0.25) is 9.69 Å². The first-order chi connectivity index (χ1) is 10.5. The molecule has 0 atom stereocenters. The summed E-state index contributed by atoms with van der Waals surface area (Å²) >= 11 is 0. The van der Waals surface area contributed by atoms with Crippen LogP contribution in [0.1, 0.15) is 27.3 Å². The van der Waals surface area contributed by atoms with Gasteiger partial charge in [-0.1, -0.05) is 30.3 Å². The predicted octanol–water partition coefficient (Wildman–Crippen LogP) is 2.26. The minimum Gasteiger partial charge on any atom is -0.395 e. The Kier molecular flexibility index (Phi) is 5.52. The summed E-state index contributed by atoms with van der Waals surface area (Å²) in [4.78, 5) is 14.3. The summed E-state index contributed by atoms with van der Waals surface area (Å²) in [5.74, 6) is 0.100. The number of likely N-dealkylation sites (N-methyl/N-ethyl adjacent to an activating group) is 1. The maximum Gasteiger partial charge on any atom is 0.178 e. The number of benzene rings is 1. The van der Waals surface area contributed by atoms with Crippen LogP contribution >= 0.6 is 0 Å². The summed E-state index contributed by atoms with van der Waals surface area (Å²) in [7, 11) is 1.84. The molecule has 1 aromatic heterocycles. The molecule has 0 fully saturated rings. The van der Waals surface area contributed by atoms with Crippen molar-refractivity contribution in [2.75, 3.05) is 26.7 Å². The fourth-order valence-corrected chi connectivity index (χ4v) is 2.67. The molecule has 118 valence electrons. The molecule has 22 heavy (non-hydrogen) atoms. The van der Waals surface area contributed by atoms with Crippen LogP contribution in [0.25, 0.3) is 0 Å². The Morgan fingerprint density at radius 2 is 1.91 bits per heavy atom. The highest BCUT2D eigenvalue weighted by Gasteiger charge is 2.17. The molecule has 1 aromatic carbocycles. The van der Waals surface area contributed by atoms with Gasteiger partial charge in [-0.2, -0.15) is 0 Å². The van der Waals surface area contributed by atoms with E-state index in [1.165, 1.54) is 5.56 Å². The molecule has 1 N–H and O–H groups in total. The number of nitrogens with zero attached hydrogens (tertiary/aromatic N) is 2. The van der Waals surface area contributed by atoms with E-state index >= 15 is 0 Å². The lowest BCUT2D eigenvalue weighted by Crippen LogP contribution is -2.28. The number of aliphatic hydroxyl groups is 1. The van der Waals surface area contributed by atoms with E-state index in [1.807, 2.05) is 50.1 Å². The van der Waals surface area contributed by atoms with Gasteiger partial charge in [0.15, 0.2) is 5.78 Å². The predicted molar refractivity (Wildman–Crippen MR) is 88.4 cm³/mol. The lowest BCUT2D eigenvalue weighted by Gasteiger charge is -2.14. The first-order valence-corrected chi connectivity index (χ1v) is 7.56. The smallest absolute Gasteiger partial charge is 0.178 e. The number of aryl methyl sites for hydroxylation is 1.